The Kier molecular flexibility index (Phi) is 9.44. The molecule has 4 aromatic rings. The van der Waals surface area contributed by atoms with Crippen molar-refractivity contribution >= 4 is 58.7 Å². The van der Waals surface area contributed by atoms with E-state index in [4.69, 9.17) is 11.6 Å². The van der Waals surface area contributed by atoms with Crippen LogP contribution in [0.2, 0.25) is 5.02 Å². The zero-order chi connectivity index (χ0) is 27.6. The first-order chi connectivity index (χ1) is 18.9. The molecule has 10 heteroatoms. The van der Waals surface area contributed by atoms with E-state index >= 15 is 0 Å². The van der Waals surface area contributed by atoms with Crippen molar-refractivity contribution in [1.82, 2.24) is 10.3 Å². The minimum Gasteiger partial charge on any atom is -0.321 e. The number of halogens is 2. The molecule has 1 aromatic heterocycles. The zero-order valence-electron chi connectivity index (χ0n) is 20.4. The molecule has 0 bridgehead atoms. The summed E-state index contributed by atoms with van der Waals surface area (Å²) in [5.74, 6) is -1.20. The third-order valence-corrected chi connectivity index (χ3v) is 6.38. The van der Waals surface area contributed by atoms with Crippen LogP contribution < -0.4 is 16.0 Å². The lowest BCUT2D eigenvalue weighted by molar-refractivity contribution is -0.114. The number of rotatable bonds is 9. The van der Waals surface area contributed by atoms with Gasteiger partial charge in [-0.1, -0.05) is 48.0 Å². The van der Waals surface area contributed by atoms with Crippen LogP contribution in [-0.4, -0.2) is 28.5 Å². The van der Waals surface area contributed by atoms with Crippen molar-refractivity contribution in [2.75, 3.05) is 16.4 Å². The number of anilines is 2. The molecule has 1 heterocycles. The van der Waals surface area contributed by atoms with Gasteiger partial charge in [-0.05, 0) is 66.2 Å². The number of nitrogens with zero attached hydrogens (tertiary/aromatic N) is 1. The minimum atomic E-state index is -0.572. The van der Waals surface area contributed by atoms with Gasteiger partial charge in [0.25, 0.3) is 11.8 Å². The number of carbonyl (C=O) groups is 3. The standard InChI is InChI=1S/C29H22ClFN4O3S/c30-21-11-14-26(32-17-21)35-27(36)18-39-24-8-4-7-23(16-24)33-29(38)25(15-19-9-12-22(31)13-10-19)34-28(37)20-5-2-1-3-6-20/h1-17H,18H2,(H,33,38)(H,34,37)(H,32,35,36)/b25-15-. The van der Waals surface area contributed by atoms with Crippen LogP contribution >= 0.6 is 23.4 Å². The second-order valence-corrected chi connectivity index (χ2v) is 9.60. The van der Waals surface area contributed by atoms with E-state index in [2.05, 4.69) is 20.9 Å². The van der Waals surface area contributed by atoms with Gasteiger partial charge in [-0.2, -0.15) is 0 Å². The van der Waals surface area contributed by atoms with Gasteiger partial charge >= 0.3 is 0 Å². The van der Waals surface area contributed by atoms with Gasteiger partial charge in [-0.15, -0.1) is 11.8 Å². The van der Waals surface area contributed by atoms with Gasteiger partial charge in [0.05, 0.1) is 10.8 Å². The van der Waals surface area contributed by atoms with Crippen molar-refractivity contribution < 1.29 is 18.8 Å². The molecule has 4 rings (SSSR count). The maximum absolute atomic E-state index is 13.4. The molecule has 0 saturated heterocycles. The van der Waals surface area contributed by atoms with Crippen LogP contribution in [-0.2, 0) is 9.59 Å². The van der Waals surface area contributed by atoms with Crippen LogP contribution in [0.1, 0.15) is 15.9 Å². The maximum Gasteiger partial charge on any atom is 0.272 e. The number of thioether (sulfide) groups is 1. The lowest BCUT2D eigenvalue weighted by Gasteiger charge is -2.12. The third-order valence-electron chi connectivity index (χ3n) is 5.17. The third kappa shape index (κ3) is 8.53. The smallest absolute Gasteiger partial charge is 0.272 e. The summed E-state index contributed by atoms with van der Waals surface area (Å²) >= 11 is 7.09. The fourth-order valence-corrected chi connectivity index (χ4v) is 4.17. The van der Waals surface area contributed by atoms with Crippen molar-refractivity contribution in [3.05, 3.63) is 125 Å². The molecule has 0 atom stereocenters. The largest absolute Gasteiger partial charge is 0.321 e. The number of benzene rings is 3. The molecule has 39 heavy (non-hydrogen) atoms. The summed E-state index contributed by atoms with van der Waals surface area (Å²) < 4.78 is 13.4. The molecule has 0 saturated carbocycles. The second-order valence-electron chi connectivity index (χ2n) is 8.11. The Morgan fingerprint density at radius 3 is 2.38 bits per heavy atom. The van der Waals surface area contributed by atoms with Crippen LogP contribution in [0.3, 0.4) is 0 Å². The predicted molar refractivity (Wildman–Crippen MR) is 152 cm³/mol. The summed E-state index contributed by atoms with van der Waals surface area (Å²) in [7, 11) is 0. The van der Waals surface area contributed by atoms with Gasteiger partial charge in [0, 0.05) is 22.3 Å². The highest BCUT2D eigenvalue weighted by atomic mass is 35.5. The van der Waals surface area contributed by atoms with Crippen molar-refractivity contribution in [2.45, 2.75) is 4.90 Å². The summed E-state index contributed by atoms with van der Waals surface area (Å²) in [5, 5.41) is 8.57. The Balaban J connectivity index is 1.44. The molecule has 0 radical (unpaired) electrons. The van der Waals surface area contributed by atoms with E-state index in [1.807, 2.05) is 0 Å². The van der Waals surface area contributed by atoms with Crippen LogP contribution in [0.5, 0.6) is 0 Å². The first kappa shape index (κ1) is 27.6. The van der Waals surface area contributed by atoms with Gasteiger partial charge in [0.1, 0.15) is 17.3 Å². The van der Waals surface area contributed by atoms with E-state index in [1.54, 1.807) is 66.7 Å². The fraction of sp³-hybridized carbons (Fsp3) is 0.0345. The van der Waals surface area contributed by atoms with Crippen LogP contribution in [0, 0.1) is 5.82 Å². The molecule has 7 nitrogen and oxygen atoms in total. The Morgan fingerprint density at radius 2 is 1.67 bits per heavy atom. The zero-order valence-corrected chi connectivity index (χ0v) is 21.9. The van der Waals surface area contributed by atoms with Crippen molar-refractivity contribution in [1.29, 1.82) is 0 Å². The first-order valence-corrected chi connectivity index (χ1v) is 13.0. The van der Waals surface area contributed by atoms with E-state index in [9.17, 15) is 18.8 Å². The Bertz CT molecular complexity index is 1500. The lowest BCUT2D eigenvalue weighted by Crippen LogP contribution is -2.30. The SMILES string of the molecule is O=C(CSc1cccc(NC(=O)/C(=C/c2ccc(F)cc2)NC(=O)c2ccccc2)c1)Nc1ccc(Cl)cn1. The number of pyridine rings is 1. The molecule has 3 amide bonds. The van der Waals surface area contributed by atoms with Crippen molar-refractivity contribution in [3.63, 3.8) is 0 Å². The monoisotopic (exact) mass is 560 g/mol. The van der Waals surface area contributed by atoms with Gasteiger partial charge in [0.2, 0.25) is 5.91 Å². The highest BCUT2D eigenvalue weighted by Gasteiger charge is 2.15. The van der Waals surface area contributed by atoms with E-state index < -0.39 is 17.6 Å². The highest BCUT2D eigenvalue weighted by Crippen LogP contribution is 2.22. The molecule has 0 aliphatic carbocycles. The van der Waals surface area contributed by atoms with Crippen LogP contribution in [0.15, 0.2) is 108 Å². The molecule has 3 aromatic carbocycles. The number of nitrogens with one attached hydrogen (secondary N) is 3. The Morgan fingerprint density at radius 1 is 0.897 bits per heavy atom. The first-order valence-electron chi connectivity index (χ1n) is 11.6. The maximum atomic E-state index is 13.4. The molecule has 196 valence electrons. The van der Waals surface area contributed by atoms with Crippen LogP contribution in [0.25, 0.3) is 6.08 Å². The van der Waals surface area contributed by atoms with Crippen molar-refractivity contribution in [2.24, 2.45) is 0 Å². The van der Waals surface area contributed by atoms with Gasteiger partial charge in [-0.25, -0.2) is 9.37 Å². The number of carbonyl (C=O) groups excluding carboxylic acids is 3. The van der Waals surface area contributed by atoms with Crippen molar-refractivity contribution in [3.8, 4) is 0 Å². The summed E-state index contributed by atoms with van der Waals surface area (Å²) in [4.78, 5) is 43.0. The summed E-state index contributed by atoms with van der Waals surface area (Å²) in [5.41, 5.74) is 1.34. The second kappa shape index (κ2) is 13.4. The quantitative estimate of drug-likeness (QED) is 0.172. The van der Waals surface area contributed by atoms with E-state index in [1.165, 1.54) is 48.3 Å². The Labute approximate surface area is 233 Å². The normalized spacial score (nSPS) is 11.0. The molecule has 0 fully saturated rings. The average Bonchev–Trinajstić information content (AvgIpc) is 2.94. The molecular formula is C29H22ClFN4O3S. The molecular weight excluding hydrogens is 539 g/mol. The molecule has 0 aliphatic heterocycles. The molecule has 3 N–H and O–H groups in total. The average molecular weight is 561 g/mol. The minimum absolute atomic E-state index is 0.0247. The van der Waals surface area contributed by atoms with E-state index in [0.29, 0.717) is 27.7 Å². The molecule has 0 spiro atoms. The number of hydrogen-bond donors (Lipinski definition) is 3. The number of hydrogen-bond acceptors (Lipinski definition) is 5. The topological polar surface area (TPSA) is 100 Å². The van der Waals surface area contributed by atoms with Gasteiger partial charge in [-0.3, -0.25) is 14.4 Å². The lowest BCUT2D eigenvalue weighted by atomic mass is 10.1. The number of aromatic nitrogens is 1. The Hall–Kier alpha value is -4.47. The predicted octanol–water partition coefficient (Wildman–Crippen LogP) is 6.01. The highest BCUT2D eigenvalue weighted by molar-refractivity contribution is 8.00. The molecule has 0 unspecified atom stereocenters. The number of amides is 3. The summed E-state index contributed by atoms with van der Waals surface area (Å²) in [6, 6.07) is 24.2. The summed E-state index contributed by atoms with van der Waals surface area (Å²) in [6.07, 6.45) is 2.90. The van der Waals surface area contributed by atoms with Gasteiger partial charge in [0.15, 0.2) is 0 Å². The summed E-state index contributed by atoms with van der Waals surface area (Å²) in [6.45, 7) is 0. The van der Waals surface area contributed by atoms with Crippen LogP contribution in [0.4, 0.5) is 15.9 Å². The van der Waals surface area contributed by atoms with E-state index in [-0.39, 0.29) is 17.4 Å². The fourth-order valence-electron chi connectivity index (χ4n) is 3.31. The van der Waals surface area contributed by atoms with Gasteiger partial charge < -0.3 is 16.0 Å². The van der Waals surface area contributed by atoms with E-state index in [0.717, 1.165) is 4.90 Å². The molecule has 0 aliphatic rings.